The molecule has 1 heterocycles. The molecule has 1 aromatic rings. The first-order chi connectivity index (χ1) is 5.74. The first-order valence-corrected chi connectivity index (χ1v) is 3.44. The highest BCUT2D eigenvalue weighted by Crippen LogP contribution is 1.83. The van der Waals surface area contributed by atoms with Crippen LogP contribution in [0.2, 0.25) is 0 Å². The average molecular weight is 164 g/mol. The maximum atomic E-state index is 11.0. The maximum Gasteiger partial charge on any atom is 0.325 e. The molecule has 2 N–H and O–H groups in total. The molecule has 0 amide bonds. The van der Waals surface area contributed by atoms with Gasteiger partial charge in [0.25, 0.3) is 5.56 Å². The van der Waals surface area contributed by atoms with Gasteiger partial charge in [0.05, 0.1) is 0 Å². The molecule has 0 spiro atoms. The Morgan fingerprint density at radius 2 is 2.25 bits per heavy atom. The Morgan fingerprint density at radius 1 is 1.50 bits per heavy atom. The SMILES string of the molecule is CC#CCc1c[nH]c(=O)[nH]c1=O. The van der Waals surface area contributed by atoms with Crippen LogP contribution in [0.5, 0.6) is 0 Å². The molecule has 0 atom stereocenters. The molecule has 62 valence electrons. The zero-order chi connectivity index (χ0) is 8.97. The molecule has 0 radical (unpaired) electrons. The Labute approximate surface area is 68.7 Å². The van der Waals surface area contributed by atoms with Gasteiger partial charge in [-0.1, -0.05) is 5.92 Å². The van der Waals surface area contributed by atoms with Crippen molar-refractivity contribution in [3.63, 3.8) is 0 Å². The molecule has 0 aliphatic carbocycles. The summed E-state index contributed by atoms with van der Waals surface area (Å²) in [6, 6.07) is 0. The summed E-state index contributed by atoms with van der Waals surface area (Å²) >= 11 is 0. The van der Waals surface area contributed by atoms with Gasteiger partial charge in [-0.15, -0.1) is 5.92 Å². The second-order valence-electron chi connectivity index (χ2n) is 2.20. The third-order valence-corrected chi connectivity index (χ3v) is 1.35. The second kappa shape index (κ2) is 3.58. The fourth-order valence-electron chi connectivity index (χ4n) is 0.753. The number of hydrogen-bond acceptors (Lipinski definition) is 2. The lowest BCUT2D eigenvalue weighted by atomic mass is 10.2. The van der Waals surface area contributed by atoms with Crippen molar-refractivity contribution >= 4 is 0 Å². The van der Waals surface area contributed by atoms with Gasteiger partial charge < -0.3 is 4.98 Å². The van der Waals surface area contributed by atoms with Crippen molar-refractivity contribution in [2.75, 3.05) is 0 Å². The molecule has 0 fully saturated rings. The Balaban J connectivity index is 3.08. The molecule has 4 nitrogen and oxygen atoms in total. The van der Waals surface area contributed by atoms with Crippen LogP contribution in [0.25, 0.3) is 0 Å². The summed E-state index contributed by atoms with van der Waals surface area (Å²) < 4.78 is 0. The predicted molar refractivity (Wildman–Crippen MR) is 44.8 cm³/mol. The highest BCUT2D eigenvalue weighted by molar-refractivity contribution is 5.13. The number of aromatic amines is 2. The van der Waals surface area contributed by atoms with E-state index in [4.69, 9.17) is 0 Å². The number of nitrogens with one attached hydrogen (secondary N) is 2. The average Bonchev–Trinajstić information content (AvgIpc) is 2.03. The molecule has 1 rings (SSSR count). The van der Waals surface area contributed by atoms with E-state index in [0.29, 0.717) is 12.0 Å². The highest BCUT2D eigenvalue weighted by atomic mass is 16.2. The minimum Gasteiger partial charge on any atom is -0.314 e. The Kier molecular flexibility index (Phi) is 2.49. The van der Waals surface area contributed by atoms with E-state index in [1.54, 1.807) is 6.92 Å². The standard InChI is InChI=1S/C8H8N2O2/c1-2-3-4-6-5-9-8(12)10-7(6)11/h5H,4H2,1H3,(H2,9,10,11,12). The molecule has 0 saturated carbocycles. The summed E-state index contributed by atoms with van der Waals surface area (Å²) in [5.41, 5.74) is -0.390. The van der Waals surface area contributed by atoms with Crippen molar-refractivity contribution in [1.29, 1.82) is 0 Å². The third-order valence-electron chi connectivity index (χ3n) is 1.35. The van der Waals surface area contributed by atoms with Crippen LogP contribution in [-0.4, -0.2) is 9.97 Å². The van der Waals surface area contributed by atoms with E-state index in [0.717, 1.165) is 0 Å². The Morgan fingerprint density at radius 3 is 2.83 bits per heavy atom. The topological polar surface area (TPSA) is 65.7 Å². The van der Waals surface area contributed by atoms with Gasteiger partial charge in [-0.05, 0) is 6.92 Å². The number of aromatic nitrogens is 2. The van der Waals surface area contributed by atoms with Crippen LogP contribution in [-0.2, 0) is 6.42 Å². The largest absolute Gasteiger partial charge is 0.325 e. The van der Waals surface area contributed by atoms with Crippen LogP contribution in [0, 0.1) is 11.8 Å². The van der Waals surface area contributed by atoms with Gasteiger partial charge in [0.2, 0.25) is 0 Å². The minimum atomic E-state index is -0.492. The smallest absolute Gasteiger partial charge is 0.314 e. The molecule has 12 heavy (non-hydrogen) atoms. The summed E-state index contributed by atoms with van der Waals surface area (Å²) in [5, 5.41) is 0. The van der Waals surface area contributed by atoms with Crippen molar-refractivity contribution < 1.29 is 0 Å². The fraction of sp³-hybridized carbons (Fsp3) is 0.250. The van der Waals surface area contributed by atoms with Gasteiger partial charge in [0.1, 0.15) is 0 Å². The van der Waals surface area contributed by atoms with Gasteiger partial charge in [-0.25, -0.2) is 4.79 Å². The van der Waals surface area contributed by atoms with Crippen LogP contribution >= 0.6 is 0 Å². The van der Waals surface area contributed by atoms with Gasteiger partial charge in [-0.2, -0.15) is 0 Å². The molecular weight excluding hydrogens is 156 g/mol. The maximum absolute atomic E-state index is 11.0. The molecule has 1 aromatic heterocycles. The monoisotopic (exact) mass is 164 g/mol. The lowest BCUT2D eigenvalue weighted by Crippen LogP contribution is -2.24. The van der Waals surface area contributed by atoms with E-state index in [2.05, 4.69) is 21.8 Å². The molecule has 0 aromatic carbocycles. The second-order valence-corrected chi connectivity index (χ2v) is 2.20. The number of hydrogen-bond donors (Lipinski definition) is 2. The van der Waals surface area contributed by atoms with E-state index < -0.39 is 5.69 Å². The zero-order valence-electron chi connectivity index (χ0n) is 6.60. The summed E-state index contributed by atoms with van der Waals surface area (Å²) in [4.78, 5) is 26.1. The molecule has 0 unspecified atom stereocenters. The first-order valence-electron chi connectivity index (χ1n) is 3.44. The molecule has 4 heteroatoms. The van der Waals surface area contributed by atoms with Crippen molar-refractivity contribution in [3.05, 3.63) is 32.6 Å². The van der Waals surface area contributed by atoms with Crippen molar-refractivity contribution in [2.45, 2.75) is 13.3 Å². The predicted octanol–water partition coefficient (Wildman–Crippen LogP) is -0.371. The zero-order valence-corrected chi connectivity index (χ0v) is 6.60. The van der Waals surface area contributed by atoms with Crippen molar-refractivity contribution in [2.24, 2.45) is 0 Å². The molecule has 0 saturated heterocycles. The minimum absolute atomic E-state index is 0.364. The molecule has 0 aliphatic rings. The first kappa shape index (κ1) is 8.34. The van der Waals surface area contributed by atoms with E-state index in [1.165, 1.54) is 6.20 Å². The van der Waals surface area contributed by atoms with E-state index in [9.17, 15) is 9.59 Å². The van der Waals surface area contributed by atoms with Crippen LogP contribution in [0.3, 0.4) is 0 Å². The van der Waals surface area contributed by atoms with Crippen LogP contribution in [0.1, 0.15) is 12.5 Å². The van der Waals surface area contributed by atoms with Gasteiger partial charge in [0.15, 0.2) is 0 Å². The Bertz CT molecular complexity index is 431. The molecular formula is C8H8N2O2. The van der Waals surface area contributed by atoms with E-state index >= 15 is 0 Å². The molecule has 0 bridgehead atoms. The lowest BCUT2D eigenvalue weighted by Gasteiger charge is -1.90. The number of rotatable bonds is 1. The third kappa shape index (κ3) is 1.86. The van der Waals surface area contributed by atoms with Crippen LogP contribution < -0.4 is 11.2 Å². The summed E-state index contributed by atoms with van der Waals surface area (Å²) in [7, 11) is 0. The van der Waals surface area contributed by atoms with E-state index in [-0.39, 0.29) is 5.56 Å². The summed E-state index contributed by atoms with van der Waals surface area (Å²) in [6.07, 6.45) is 1.74. The quantitative estimate of drug-likeness (QED) is 0.556. The lowest BCUT2D eigenvalue weighted by molar-refractivity contribution is 0.990. The van der Waals surface area contributed by atoms with Gasteiger partial charge in [0, 0.05) is 18.2 Å². The summed E-state index contributed by atoms with van der Waals surface area (Å²) in [5.74, 6) is 5.40. The van der Waals surface area contributed by atoms with Crippen molar-refractivity contribution in [1.82, 2.24) is 9.97 Å². The van der Waals surface area contributed by atoms with Crippen molar-refractivity contribution in [3.8, 4) is 11.8 Å². The normalized spacial score (nSPS) is 8.75. The van der Waals surface area contributed by atoms with Gasteiger partial charge >= 0.3 is 5.69 Å². The molecule has 0 aliphatic heterocycles. The summed E-state index contributed by atoms with van der Waals surface area (Å²) in [6.45, 7) is 1.69. The highest BCUT2D eigenvalue weighted by Gasteiger charge is 1.95. The van der Waals surface area contributed by atoms with Crippen LogP contribution in [0.15, 0.2) is 15.8 Å². The van der Waals surface area contributed by atoms with Gasteiger partial charge in [-0.3, -0.25) is 9.78 Å². The van der Waals surface area contributed by atoms with Crippen LogP contribution in [0.4, 0.5) is 0 Å². The van der Waals surface area contributed by atoms with E-state index in [1.807, 2.05) is 0 Å². The number of H-pyrrole nitrogens is 2. The Hall–Kier alpha value is -1.76. The fourth-order valence-corrected chi connectivity index (χ4v) is 0.753.